The third-order valence-electron chi connectivity index (χ3n) is 2.62. The summed E-state index contributed by atoms with van der Waals surface area (Å²) in [6, 6.07) is 2.70. The number of alkyl halides is 3. The number of morpholine rings is 1. The van der Waals surface area contributed by atoms with Crippen molar-refractivity contribution in [2.45, 2.75) is 12.2 Å². The Balaban J connectivity index is 0.00000162. The maximum Gasteiger partial charge on any atom is 0.419 e. The van der Waals surface area contributed by atoms with Gasteiger partial charge in [0.2, 0.25) is 0 Å². The molecule has 0 unspecified atom stereocenters. The summed E-state index contributed by atoms with van der Waals surface area (Å²) < 4.78 is 55.5. The first-order valence-electron chi connectivity index (χ1n) is 5.16. The first-order valence-corrected chi connectivity index (χ1v) is 5.16. The van der Waals surface area contributed by atoms with Crippen LogP contribution in [0.2, 0.25) is 0 Å². The molecule has 1 aromatic carbocycles. The first-order chi connectivity index (χ1) is 7.98. The van der Waals surface area contributed by atoms with Crippen LogP contribution in [0, 0.1) is 5.82 Å². The smallest absolute Gasteiger partial charge is 0.378 e. The minimum Gasteiger partial charge on any atom is -0.378 e. The molecule has 18 heavy (non-hydrogen) atoms. The van der Waals surface area contributed by atoms with E-state index in [9.17, 15) is 17.6 Å². The summed E-state index contributed by atoms with van der Waals surface area (Å²) in [5, 5.41) is 3.05. The van der Waals surface area contributed by atoms with Crippen LogP contribution in [0.1, 0.15) is 17.2 Å². The van der Waals surface area contributed by atoms with Crippen LogP contribution < -0.4 is 5.32 Å². The number of benzene rings is 1. The lowest BCUT2D eigenvalue weighted by molar-refractivity contribution is -0.140. The summed E-state index contributed by atoms with van der Waals surface area (Å²) in [6.45, 7) is 1.50. The zero-order valence-corrected chi connectivity index (χ0v) is 10.1. The Bertz CT molecular complexity index is 405. The van der Waals surface area contributed by atoms with Crippen LogP contribution in [0.5, 0.6) is 0 Å². The van der Waals surface area contributed by atoms with E-state index in [1.165, 1.54) is 6.07 Å². The van der Waals surface area contributed by atoms with Crippen molar-refractivity contribution in [3.63, 3.8) is 0 Å². The topological polar surface area (TPSA) is 21.3 Å². The van der Waals surface area contributed by atoms with Gasteiger partial charge in [0.1, 0.15) is 5.82 Å². The molecule has 102 valence electrons. The second kappa shape index (κ2) is 5.86. The third-order valence-corrected chi connectivity index (χ3v) is 2.62. The van der Waals surface area contributed by atoms with Crippen molar-refractivity contribution >= 4 is 12.4 Å². The van der Waals surface area contributed by atoms with Crippen molar-refractivity contribution in [2.75, 3.05) is 19.8 Å². The molecule has 1 atom stereocenters. The summed E-state index contributed by atoms with van der Waals surface area (Å²) in [5.41, 5.74) is -0.770. The second-order valence-electron chi connectivity index (χ2n) is 3.82. The number of halogens is 5. The normalized spacial score (nSPS) is 20.3. The van der Waals surface area contributed by atoms with Gasteiger partial charge in [0, 0.05) is 6.54 Å². The van der Waals surface area contributed by atoms with Crippen molar-refractivity contribution in [2.24, 2.45) is 0 Å². The molecule has 0 amide bonds. The van der Waals surface area contributed by atoms with E-state index >= 15 is 0 Å². The van der Waals surface area contributed by atoms with E-state index in [0.717, 1.165) is 12.1 Å². The van der Waals surface area contributed by atoms with Gasteiger partial charge in [0.25, 0.3) is 0 Å². The molecule has 0 bridgehead atoms. The molecule has 1 fully saturated rings. The average Bonchev–Trinajstić information content (AvgIpc) is 2.28. The lowest BCUT2D eigenvalue weighted by Crippen LogP contribution is -2.34. The lowest BCUT2D eigenvalue weighted by Gasteiger charge is -2.24. The maximum atomic E-state index is 13.3. The van der Waals surface area contributed by atoms with Gasteiger partial charge in [-0.05, 0) is 17.7 Å². The molecule has 1 saturated heterocycles. The molecule has 0 aliphatic carbocycles. The SMILES string of the molecule is Cl.Fc1cc([C@H]2COCCN2)ccc1C(F)(F)F. The van der Waals surface area contributed by atoms with Crippen LogP contribution >= 0.6 is 12.4 Å². The van der Waals surface area contributed by atoms with Crippen molar-refractivity contribution < 1.29 is 22.3 Å². The van der Waals surface area contributed by atoms with Gasteiger partial charge in [-0.25, -0.2) is 4.39 Å². The van der Waals surface area contributed by atoms with E-state index in [1.54, 1.807) is 0 Å². The van der Waals surface area contributed by atoms with E-state index in [1.807, 2.05) is 0 Å². The summed E-state index contributed by atoms with van der Waals surface area (Å²) >= 11 is 0. The zero-order chi connectivity index (χ0) is 12.5. The van der Waals surface area contributed by atoms with Gasteiger partial charge in [-0.2, -0.15) is 13.2 Å². The van der Waals surface area contributed by atoms with E-state index in [0.29, 0.717) is 25.3 Å². The van der Waals surface area contributed by atoms with Crippen LogP contribution in [0.15, 0.2) is 18.2 Å². The molecule has 1 aromatic rings. The second-order valence-corrected chi connectivity index (χ2v) is 3.82. The van der Waals surface area contributed by atoms with Crippen LogP contribution in [-0.4, -0.2) is 19.8 Å². The molecule has 0 spiro atoms. The van der Waals surface area contributed by atoms with E-state index in [4.69, 9.17) is 4.74 Å². The quantitative estimate of drug-likeness (QED) is 0.801. The highest BCUT2D eigenvalue weighted by Crippen LogP contribution is 2.32. The minimum absolute atomic E-state index is 0. The molecule has 7 heteroatoms. The summed E-state index contributed by atoms with van der Waals surface area (Å²) in [4.78, 5) is 0. The Morgan fingerprint density at radius 3 is 2.50 bits per heavy atom. The monoisotopic (exact) mass is 285 g/mol. The average molecular weight is 286 g/mol. The zero-order valence-electron chi connectivity index (χ0n) is 9.26. The summed E-state index contributed by atoms with van der Waals surface area (Å²) in [5.74, 6) is -1.25. The van der Waals surface area contributed by atoms with Crippen molar-refractivity contribution in [3.8, 4) is 0 Å². The summed E-state index contributed by atoms with van der Waals surface area (Å²) in [7, 11) is 0. The largest absolute Gasteiger partial charge is 0.419 e. The summed E-state index contributed by atoms with van der Waals surface area (Å²) in [6.07, 6.45) is -4.65. The molecule has 1 N–H and O–H groups in total. The van der Waals surface area contributed by atoms with Crippen molar-refractivity contribution in [1.82, 2.24) is 5.32 Å². The molecule has 1 aliphatic rings. The van der Waals surface area contributed by atoms with Crippen LogP contribution in [0.4, 0.5) is 17.6 Å². The first kappa shape index (κ1) is 15.2. The number of hydrogen-bond donors (Lipinski definition) is 1. The Morgan fingerprint density at radius 1 is 1.28 bits per heavy atom. The molecule has 2 rings (SSSR count). The number of hydrogen-bond acceptors (Lipinski definition) is 2. The lowest BCUT2D eigenvalue weighted by atomic mass is 10.0. The fourth-order valence-corrected chi connectivity index (χ4v) is 1.76. The van der Waals surface area contributed by atoms with Crippen molar-refractivity contribution in [3.05, 3.63) is 35.1 Å². The molecular formula is C11H12ClF4NO. The Hall–Kier alpha value is -0.850. The molecule has 1 aliphatic heterocycles. The van der Waals surface area contributed by atoms with E-state index in [-0.39, 0.29) is 18.4 Å². The van der Waals surface area contributed by atoms with Gasteiger partial charge >= 0.3 is 6.18 Å². The fraction of sp³-hybridized carbons (Fsp3) is 0.455. The van der Waals surface area contributed by atoms with E-state index in [2.05, 4.69) is 5.32 Å². The van der Waals surface area contributed by atoms with Gasteiger partial charge in [0.15, 0.2) is 0 Å². The minimum atomic E-state index is -4.65. The predicted molar refractivity (Wildman–Crippen MR) is 60.2 cm³/mol. The Labute approximate surface area is 108 Å². The number of nitrogens with one attached hydrogen (secondary N) is 1. The fourth-order valence-electron chi connectivity index (χ4n) is 1.76. The maximum absolute atomic E-state index is 13.3. The Kier molecular flexibility index (Phi) is 4.95. The van der Waals surface area contributed by atoms with Gasteiger partial charge in [-0.15, -0.1) is 12.4 Å². The number of rotatable bonds is 1. The molecule has 0 radical (unpaired) electrons. The van der Waals surface area contributed by atoms with E-state index < -0.39 is 17.6 Å². The molecule has 2 nitrogen and oxygen atoms in total. The molecule has 1 heterocycles. The number of ether oxygens (including phenoxy) is 1. The Morgan fingerprint density at radius 2 is 2.00 bits per heavy atom. The van der Waals surface area contributed by atoms with Gasteiger partial charge < -0.3 is 10.1 Å². The van der Waals surface area contributed by atoms with Crippen molar-refractivity contribution in [1.29, 1.82) is 0 Å². The van der Waals surface area contributed by atoms with Gasteiger partial charge in [0.05, 0.1) is 24.8 Å². The highest BCUT2D eigenvalue weighted by atomic mass is 35.5. The molecule has 0 aromatic heterocycles. The predicted octanol–water partition coefficient (Wildman–Crippen LogP) is 2.93. The third kappa shape index (κ3) is 3.34. The van der Waals surface area contributed by atoms with Gasteiger partial charge in [-0.1, -0.05) is 6.07 Å². The molecule has 0 saturated carbocycles. The van der Waals surface area contributed by atoms with Crippen LogP contribution in [0.3, 0.4) is 0 Å². The highest BCUT2D eigenvalue weighted by Gasteiger charge is 2.34. The standard InChI is InChI=1S/C11H11F4NO.ClH/c12-9-5-7(10-6-17-4-3-16-10)1-2-8(9)11(13,14)15;/h1-2,5,10,16H,3-4,6H2;1H/t10-;/m1./s1. The molecular weight excluding hydrogens is 274 g/mol. The van der Waals surface area contributed by atoms with Crippen LogP contribution in [-0.2, 0) is 10.9 Å². The van der Waals surface area contributed by atoms with Crippen LogP contribution in [0.25, 0.3) is 0 Å². The highest BCUT2D eigenvalue weighted by molar-refractivity contribution is 5.85. The van der Waals surface area contributed by atoms with Gasteiger partial charge in [-0.3, -0.25) is 0 Å².